The molecule has 1 fully saturated rings. The number of nitrogens with one attached hydrogen (secondary N) is 1. The van der Waals surface area contributed by atoms with Crippen LogP contribution in [0, 0.1) is 11.3 Å². The molecule has 0 aliphatic heterocycles. The lowest BCUT2D eigenvalue weighted by Gasteiger charge is -2.21. The molecule has 1 aromatic carbocycles. The van der Waals surface area contributed by atoms with Gasteiger partial charge in [-0.25, -0.2) is 0 Å². The monoisotopic (exact) mass is 284 g/mol. The molecule has 0 spiro atoms. The van der Waals surface area contributed by atoms with E-state index in [1.807, 2.05) is 0 Å². The third-order valence-electron chi connectivity index (χ3n) is 3.55. The summed E-state index contributed by atoms with van der Waals surface area (Å²) in [5.41, 5.74) is -0.903. The topological polar surface area (TPSA) is 45.0 Å². The number of hydrogen-bond donors (Lipinski definition) is 1. The minimum absolute atomic E-state index is 0.00835. The van der Waals surface area contributed by atoms with Gasteiger partial charge in [-0.2, -0.15) is 18.4 Å². The SMILES string of the molecule is COC1CCCC1Nc1ccc(C#N)c(C(F)(F)F)c1. The minimum Gasteiger partial charge on any atom is -0.380 e. The van der Waals surface area contributed by atoms with Crippen LogP contribution < -0.4 is 5.32 Å². The molecule has 0 aromatic heterocycles. The number of benzene rings is 1. The van der Waals surface area contributed by atoms with E-state index in [2.05, 4.69) is 5.32 Å². The average molecular weight is 284 g/mol. The predicted octanol–water partition coefficient (Wildman–Crippen LogP) is 3.56. The van der Waals surface area contributed by atoms with Crippen molar-refractivity contribution in [2.24, 2.45) is 0 Å². The van der Waals surface area contributed by atoms with E-state index < -0.39 is 11.7 Å². The number of nitriles is 1. The summed E-state index contributed by atoms with van der Waals surface area (Å²) in [5.74, 6) is 0. The zero-order valence-corrected chi connectivity index (χ0v) is 11.0. The van der Waals surface area contributed by atoms with Gasteiger partial charge in [-0.3, -0.25) is 0 Å². The lowest BCUT2D eigenvalue weighted by atomic mass is 10.1. The standard InChI is InChI=1S/C14H15F3N2O/c1-20-13-4-2-3-12(13)19-10-6-5-9(8-18)11(7-10)14(15,16)17/h5-7,12-13,19H,2-4H2,1H3. The van der Waals surface area contributed by atoms with Gasteiger partial charge in [0.1, 0.15) is 0 Å². The van der Waals surface area contributed by atoms with Crippen LogP contribution in [0.2, 0.25) is 0 Å². The highest BCUT2D eigenvalue weighted by molar-refractivity contribution is 5.53. The van der Waals surface area contributed by atoms with Crippen molar-refractivity contribution in [2.75, 3.05) is 12.4 Å². The van der Waals surface area contributed by atoms with Crippen LogP contribution in [0.15, 0.2) is 18.2 Å². The van der Waals surface area contributed by atoms with Crippen molar-refractivity contribution in [1.82, 2.24) is 0 Å². The smallest absolute Gasteiger partial charge is 0.380 e. The maximum atomic E-state index is 12.9. The lowest BCUT2D eigenvalue weighted by Crippen LogP contribution is -2.29. The number of rotatable bonds is 3. The Kier molecular flexibility index (Phi) is 4.19. The third-order valence-corrected chi connectivity index (χ3v) is 3.55. The van der Waals surface area contributed by atoms with Crippen LogP contribution in [0.5, 0.6) is 0 Å². The average Bonchev–Trinajstić information content (AvgIpc) is 2.85. The fourth-order valence-corrected chi connectivity index (χ4v) is 2.55. The second-order valence-electron chi connectivity index (χ2n) is 4.83. The highest BCUT2D eigenvalue weighted by Crippen LogP contribution is 2.34. The summed E-state index contributed by atoms with van der Waals surface area (Å²) < 4.78 is 43.9. The summed E-state index contributed by atoms with van der Waals surface area (Å²) in [4.78, 5) is 0. The summed E-state index contributed by atoms with van der Waals surface area (Å²) in [5, 5.41) is 11.8. The molecular formula is C14H15F3N2O. The number of methoxy groups -OCH3 is 1. The minimum atomic E-state index is -4.53. The molecule has 2 atom stereocenters. The molecule has 2 rings (SSSR count). The predicted molar refractivity (Wildman–Crippen MR) is 68.2 cm³/mol. The van der Waals surface area contributed by atoms with Crippen LogP contribution in [-0.2, 0) is 10.9 Å². The third kappa shape index (κ3) is 3.05. The first-order chi connectivity index (χ1) is 9.45. The molecule has 1 N–H and O–H groups in total. The van der Waals surface area contributed by atoms with E-state index in [9.17, 15) is 13.2 Å². The first-order valence-corrected chi connectivity index (χ1v) is 6.36. The van der Waals surface area contributed by atoms with Crippen LogP contribution in [-0.4, -0.2) is 19.3 Å². The molecule has 0 bridgehead atoms. The summed E-state index contributed by atoms with van der Waals surface area (Å²) in [6, 6.07) is 5.26. The van der Waals surface area contributed by atoms with Crippen molar-refractivity contribution in [1.29, 1.82) is 5.26 Å². The Bertz CT molecular complexity index is 522. The van der Waals surface area contributed by atoms with Crippen molar-refractivity contribution >= 4 is 5.69 Å². The number of anilines is 1. The molecule has 3 nitrogen and oxygen atoms in total. The van der Waals surface area contributed by atoms with E-state index in [1.165, 1.54) is 12.1 Å². The van der Waals surface area contributed by atoms with Gasteiger partial charge in [-0.05, 0) is 37.5 Å². The highest BCUT2D eigenvalue weighted by atomic mass is 19.4. The molecule has 0 amide bonds. The molecule has 0 radical (unpaired) electrons. The number of alkyl halides is 3. The fraction of sp³-hybridized carbons (Fsp3) is 0.500. The van der Waals surface area contributed by atoms with Crippen LogP contribution in [0.3, 0.4) is 0 Å². The highest BCUT2D eigenvalue weighted by Gasteiger charge is 2.34. The van der Waals surface area contributed by atoms with Crippen molar-refractivity contribution in [3.8, 4) is 6.07 Å². The van der Waals surface area contributed by atoms with Gasteiger partial charge in [-0.1, -0.05) is 0 Å². The van der Waals surface area contributed by atoms with E-state index in [4.69, 9.17) is 10.00 Å². The van der Waals surface area contributed by atoms with Gasteiger partial charge < -0.3 is 10.1 Å². The maximum Gasteiger partial charge on any atom is 0.417 e. The van der Waals surface area contributed by atoms with Gasteiger partial charge in [0.05, 0.1) is 29.3 Å². The molecule has 6 heteroatoms. The summed E-state index contributed by atoms with van der Waals surface area (Å²) >= 11 is 0. The molecule has 0 heterocycles. The van der Waals surface area contributed by atoms with E-state index in [-0.39, 0.29) is 17.7 Å². The Morgan fingerprint density at radius 1 is 1.35 bits per heavy atom. The van der Waals surface area contributed by atoms with E-state index >= 15 is 0 Å². The van der Waals surface area contributed by atoms with Gasteiger partial charge in [-0.15, -0.1) is 0 Å². The molecule has 0 saturated heterocycles. The van der Waals surface area contributed by atoms with Crippen LogP contribution in [0.25, 0.3) is 0 Å². The van der Waals surface area contributed by atoms with Crippen LogP contribution >= 0.6 is 0 Å². The molecule has 1 aromatic rings. The molecule has 20 heavy (non-hydrogen) atoms. The van der Waals surface area contributed by atoms with Crippen molar-refractivity contribution in [3.05, 3.63) is 29.3 Å². The van der Waals surface area contributed by atoms with E-state index in [0.29, 0.717) is 5.69 Å². The zero-order chi connectivity index (χ0) is 14.8. The van der Waals surface area contributed by atoms with Crippen LogP contribution in [0.1, 0.15) is 30.4 Å². The Balaban J connectivity index is 2.24. The Morgan fingerprint density at radius 3 is 2.70 bits per heavy atom. The van der Waals surface area contributed by atoms with Gasteiger partial charge in [0.15, 0.2) is 0 Å². The van der Waals surface area contributed by atoms with Gasteiger partial charge in [0.25, 0.3) is 0 Å². The Hall–Kier alpha value is -1.74. The number of nitrogens with zero attached hydrogens (tertiary/aromatic N) is 1. The van der Waals surface area contributed by atoms with Gasteiger partial charge >= 0.3 is 6.18 Å². The first kappa shape index (κ1) is 14.7. The second kappa shape index (κ2) is 5.71. The Labute approximate surface area is 115 Å². The Morgan fingerprint density at radius 2 is 2.10 bits per heavy atom. The summed E-state index contributed by atoms with van der Waals surface area (Å²) in [7, 11) is 1.60. The molecule has 108 valence electrons. The molecule has 1 aliphatic carbocycles. The lowest BCUT2D eigenvalue weighted by molar-refractivity contribution is -0.137. The van der Waals surface area contributed by atoms with E-state index in [1.54, 1.807) is 13.2 Å². The van der Waals surface area contributed by atoms with Crippen molar-refractivity contribution < 1.29 is 17.9 Å². The number of hydrogen-bond acceptors (Lipinski definition) is 3. The number of halogens is 3. The van der Waals surface area contributed by atoms with Crippen molar-refractivity contribution in [3.63, 3.8) is 0 Å². The van der Waals surface area contributed by atoms with Crippen molar-refractivity contribution in [2.45, 2.75) is 37.6 Å². The molecule has 2 unspecified atom stereocenters. The largest absolute Gasteiger partial charge is 0.417 e. The van der Waals surface area contributed by atoms with Crippen LogP contribution in [0.4, 0.5) is 18.9 Å². The zero-order valence-electron chi connectivity index (χ0n) is 11.0. The summed E-state index contributed by atoms with van der Waals surface area (Å²) in [6.45, 7) is 0. The maximum absolute atomic E-state index is 12.9. The second-order valence-corrected chi connectivity index (χ2v) is 4.83. The quantitative estimate of drug-likeness (QED) is 0.923. The first-order valence-electron chi connectivity index (χ1n) is 6.36. The van der Waals surface area contributed by atoms with Gasteiger partial charge in [0, 0.05) is 12.8 Å². The molecule has 1 aliphatic rings. The fourth-order valence-electron chi connectivity index (χ4n) is 2.55. The molecule has 1 saturated carbocycles. The van der Waals surface area contributed by atoms with Gasteiger partial charge in [0.2, 0.25) is 0 Å². The summed E-state index contributed by atoms with van der Waals surface area (Å²) in [6.07, 6.45) is -1.77. The molecular weight excluding hydrogens is 269 g/mol. The normalized spacial score (nSPS) is 22.6. The van der Waals surface area contributed by atoms with E-state index in [0.717, 1.165) is 25.3 Å². The number of ether oxygens (including phenoxy) is 1.